The van der Waals surface area contributed by atoms with Gasteiger partial charge in [-0.15, -0.1) is 0 Å². The Balaban J connectivity index is 1.98. The molecule has 2 N–H and O–H groups in total. The highest BCUT2D eigenvalue weighted by atomic mass is 19.1. The van der Waals surface area contributed by atoms with Gasteiger partial charge in [-0.25, -0.2) is 14.0 Å². The van der Waals surface area contributed by atoms with Crippen LogP contribution in [-0.2, 0) is 16.0 Å². The minimum absolute atomic E-state index is 0.0887. The van der Waals surface area contributed by atoms with Crippen LogP contribution in [0.25, 0.3) is 0 Å². The van der Waals surface area contributed by atoms with Gasteiger partial charge in [-0.1, -0.05) is 12.1 Å². The van der Waals surface area contributed by atoms with Gasteiger partial charge in [0.25, 0.3) is 0 Å². The van der Waals surface area contributed by atoms with E-state index in [0.717, 1.165) is 0 Å². The number of amides is 1. The number of hydrogen-bond donors (Lipinski definition) is 2. The molecule has 1 amide bonds. The number of carboxylic acid groups (broad SMARTS) is 1. The molecule has 0 heterocycles. The molecule has 0 aliphatic carbocycles. The summed E-state index contributed by atoms with van der Waals surface area (Å²) in [7, 11) is 0. The van der Waals surface area contributed by atoms with Crippen molar-refractivity contribution in [3.63, 3.8) is 0 Å². The fraction of sp³-hybridized carbons (Fsp3) is 0.300. The Morgan fingerprint density at radius 2 is 1.56 bits per heavy atom. The molecule has 0 aromatic heterocycles. The van der Waals surface area contributed by atoms with Crippen LogP contribution in [0.4, 0.5) is 9.18 Å². The molecular weight excluding hydrogens is 353 g/mol. The normalized spacial score (nSPS) is 12.1. The quantitative estimate of drug-likeness (QED) is 0.793. The van der Waals surface area contributed by atoms with E-state index in [1.807, 2.05) is 0 Å². The Hall–Kier alpha value is -3.09. The van der Waals surface area contributed by atoms with Crippen molar-refractivity contribution >= 4 is 12.1 Å². The van der Waals surface area contributed by atoms with E-state index in [4.69, 9.17) is 9.47 Å². The number of carbonyl (C=O) groups is 2. The van der Waals surface area contributed by atoms with Gasteiger partial charge in [0.1, 0.15) is 29.0 Å². The molecule has 0 bridgehead atoms. The molecule has 2 aromatic carbocycles. The van der Waals surface area contributed by atoms with Crippen molar-refractivity contribution in [2.45, 2.75) is 38.8 Å². The molecule has 0 fully saturated rings. The van der Waals surface area contributed by atoms with E-state index in [1.165, 1.54) is 24.3 Å². The molecule has 7 heteroatoms. The fourth-order valence-electron chi connectivity index (χ4n) is 2.22. The van der Waals surface area contributed by atoms with E-state index in [-0.39, 0.29) is 12.2 Å². The zero-order valence-electron chi connectivity index (χ0n) is 15.4. The molecule has 0 aliphatic rings. The summed E-state index contributed by atoms with van der Waals surface area (Å²) in [6.45, 7) is 5.09. The van der Waals surface area contributed by atoms with Crippen LogP contribution < -0.4 is 10.1 Å². The Morgan fingerprint density at radius 3 is 2.04 bits per heavy atom. The summed E-state index contributed by atoms with van der Waals surface area (Å²) in [6, 6.07) is 11.2. The monoisotopic (exact) mass is 375 g/mol. The van der Waals surface area contributed by atoms with Crippen molar-refractivity contribution in [1.82, 2.24) is 5.32 Å². The minimum atomic E-state index is -1.16. The lowest BCUT2D eigenvalue weighted by molar-refractivity contribution is -0.139. The summed E-state index contributed by atoms with van der Waals surface area (Å²) in [5.74, 6) is -0.501. The second-order valence-corrected chi connectivity index (χ2v) is 6.94. The Morgan fingerprint density at radius 1 is 1.04 bits per heavy atom. The van der Waals surface area contributed by atoms with Gasteiger partial charge < -0.3 is 19.9 Å². The van der Waals surface area contributed by atoms with E-state index < -0.39 is 23.7 Å². The number of benzene rings is 2. The predicted octanol–water partition coefficient (Wildman–Crippen LogP) is 4.14. The van der Waals surface area contributed by atoms with Crippen LogP contribution in [0.1, 0.15) is 26.3 Å². The third kappa shape index (κ3) is 6.97. The van der Waals surface area contributed by atoms with Crippen molar-refractivity contribution in [2.24, 2.45) is 0 Å². The van der Waals surface area contributed by atoms with Gasteiger partial charge in [0.2, 0.25) is 0 Å². The third-order valence-electron chi connectivity index (χ3n) is 3.40. The van der Waals surface area contributed by atoms with Crippen molar-refractivity contribution in [1.29, 1.82) is 0 Å². The molecule has 2 rings (SSSR count). The van der Waals surface area contributed by atoms with Gasteiger partial charge in [0.05, 0.1) is 0 Å². The van der Waals surface area contributed by atoms with Crippen LogP contribution in [0, 0.1) is 5.82 Å². The highest BCUT2D eigenvalue weighted by molar-refractivity contribution is 5.80. The number of alkyl carbamates (subject to hydrolysis) is 1. The van der Waals surface area contributed by atoms with Crippen LogP contribution in [0.3, 0.4) is 0 Å². The van der Waals surface area contributed by atoms with Gasteiger partial charge in [0.15, 0.2) is 0 Å². The summed E-state index contributed by atoms with van der Waals surface area (Å²) in [6.07, 6.45) is -0.697. The first-order chi connectivity index (χ1) is 12.6. The number of ether oxygens (including phenoxy) is 2. The Labute approximate surface area is 156 Å². The second-order valence-electron chi connectivity index (χ2n) is 6.94. The first-order valence-corrected chi connectivity index (χ1v) is 8.37. The molecule has 0 radical (unpaired) electrons. The number of halogens is 1. The summed E-state index contributed by atoms with van der Waals surface area (Å²) in [5, 5.41) is 11.7. The zero-order valence-corrected chi connectivity index (χ0v) is 15.4. The summed E-state index contributed by atoms with van der Waals surface area (Å²) >= 11 is 0. The summed E-state index contributed by atoms with van der Waals surface area (Å²) in [4.78, 5) is 23.2. The summed E-state index contributed by atoms with van der Waals surface area (Å²) in [5.41, 5.74) is -0.0168. The maximum atomic E-state index is 12.9. The number of nitrogens with one attached hydrogen (secondary N) is 1. The lowest BCUT2D eigenvalue weighted by atomic mass is 10.1. The lowest BCUT2D eigenvalue weighted by Crippen LogP contribution is -2.44. The van der Waals surface area contributed by atoms with E-state index >= 15 is 0 Å². The average molecular weight is 375 g/mol. The highest BCUT2D eigenvalue weighted by Crippen LogP contribution is 2.22. The van der Waals surface area contributed by atoms with Crippen molar-refractivity contribution in [2.75, 3.05) is 0 Å². The first kappa shape index (κ1) is 20.2. The third-order valence-corrected chi connectivity index (χ3v) is 3.40. The molecule has 144 valence electrons. The topological polar surface area (TPSA) is 84.9 Å². The maximum absolute atomic E-state index is 12.9. The number of hydrogen-bond acceptors (Lipinski definition) is 4. The van der Waals surface area contributed by atoms with Crippen LogP contribution in [-0.4, -0.2) is 28.8 Å². The standard InChI is InChI=1S/C20H22FNO5/c1-20(2,3)27-19(25)22-17(18(23)24)12-13-4-8-15(9-5-13)26-16-10-6-14(21)7-11-16/h4-11,17H,12H2,1-3H3,(H,22,25)(H,23,24)/t17-/m1/s1. The lowest BCUT2D eigenvalue weighted by Gasteiger charge is -2.22. The first-order valence-electron chi connectivity index (χ1n) is 8.37. The van der Waals surface area contributed by atoms with E-state index in [9.17, 15) is 19.1 Å². The van der Waals surface area contributed by atoms with E-state index in [0.29, 0.717) is 17.1 Å². The SMILES string of the molecule is CC(C)(C)OC(=O)N[C@H](Cc1ccc(Oc2ccc(F)cc2)cc1)C(=O)O. The van der Waals surface area contributed by atoms with Crippen molar-refractivity contribution < 1.29 is 28.6 Å². The maximum Gasteiger partial charge on any atom is 0.408 e. The van der Waals surface area contributed by atoms with E-state index in [1.54, 1.807) is 45.0 Å². The molecule has 2 aromatic rings. The largest absolute Gasteiger partial charge is 0.480 e. The van der Waals surface area contributed by atoms with Gasteiger partial charge in [-0.05, 0) is 62.7 Å². The van der Waals surface area contributed by atoms with Crippen LogP contribution >= 0.6 is 0 Å². The molecule has 1 atom stereocenters. The molecular formula is C20H22FNO5. The predicted molar refractivity (Wildman–Crippen MR) is 97.4 cm³/mol. The summed E-state index contributed by atoms with van der Waals surface area (Å²) < 4.78 is 23.6. The molecule has 0 aliphatic heterocycles. The number of carbonyl (C=O) groups excluding carboxylic acids is 1. The average Bonchev–Trinajstić information content (AvgIpc) is 2.56. The molecule has 27 heavy (non-hydrogen) atoms. The van der Waals surface area contributed by atoms with Gasteiger partial charge >= 0.3 is 12.1 Å². The molecule has 0 unspecified atom stereocenters. The van der Waals surface area contributed by atoms with Gasteiger partial charge in [-0.3, -0.25) is 0 Å². The Bertz CT molecular complexity index is 782. The van der Waals surface area contributed by atoms with Gasteiger partial charge in [0, 0.05) is 6.42 Å². The van der Waals surface area contributed by atoms with Crippen LogP contribution in [0.5, 0.6) is 11.5 Å². The molecule has 0 saturated heterocycles. The minimum Gasteiger partial charge on any atom is -0.480 e. The number of carboxylic acids is 1. The number of rotatable bonds is 6. The second kappa shape index (κ2) is 8.53. The zero-order chi connectivity index (χ0) is 20.0. The van der Waals surface area contributed by atoms with Crippen molar-refractivity contribution in [3.8, 4) is 11.5 Å². The highest BCUT2D eigenvalue weighted by Gasteiger charge is 2.24. The number of aliphatic carboxylic acids is 1. The fourth-order valence-corrected chi connectivity index (χ4v) is 2.22. The molecule has 0 spiro atoms. The molecule has 6 nitrogen and oxygen atoms in total. The van der Waals surface area contributed by atoms with Gasteiger partial charge in [-0.2, -0.15) is 0 Å². The van der Waals surface area contributed by atoms with E-state index in [2.05, 4.69) is 5.32 Å². The van der Waals surface area contributed by atoms with Crippen LogP contribution in [0.15, 0.2) is 48.5 Å². The molecule has 0 saturated carbocycles. The smallest absolute Gasteiger partial charge is 0.408 e. The Kier molecular flexibility index (Phi) is 6.39. The van der Waals surface area contributed by atoms with Crippen LogP contribution in [0.2, 0.25) is 0 Å². The van der Waals surface area contributed by atoms with Crippen molar-refractivity contribution in [3.05, 3.63) is 59.9 Å².